The lowest BCUT2D eigenvalue weighted by atomic mass is 9.98. The van der Waals surface area contributed by atoms with Crippen LogP contribution in [0.4, 0.5) is 5.82 Å². The maximum atomic E-state index is 4.97. The lowest BCUT2D eigenvalue weighted by Crippen LogP contribution is -2.40. The van der Waals surface area contributed by atoms with Crippen molar-refractivity contribution in [3.8, 4) is 0 Å². The molecule has 7 nitrogen and oxygen atoms in total. The van der Waals surface area contributed by atoms with Crippen molar-refractivity contribution in [2.75, 3.05) is 24.5 Å². The molecule has 0 aromatic carbocycles. The van der Waals surface area contributed by atoms with Crippen LogP contribution in [0.25, 0.3) is 16.0 Å². The van der Waals surface area contributed by atoms with Gasteiger partial charge in [-0.15, -0.1) is 11.3 Å². The smallest absolute Gasteiger partial charge is 0.276 e. The largest absolute Gasteiger partial charge is 0.353 e. The van der Waals surface area contributed by atoms with Crippen LogP contribution in [-0.4, -0.2) is 55.6 Å². The first kappa shape index (κ1) is 17.3. The van der Waals surface area contributed by atoms with Gasteiger partial charge in [-0.25, -0.2) is 0 Å². The lowest BCUT2D eigenvalue weighted by molar-refractivity contribution is 0.258. The van der Waals surface area contributed by atoms with Crippen LogP contribution >= 0.6 is 11.3 Å². The zero-order chi connectivity index (χ0) is 18.4. The van der Waals surface area contributed by atoms with Gasteiger partial charge >= 0.3 is 0 Å². The molecule has 1 saturated heterocycles. The summed E-state index contributed by atoms with van der Waals surface area (Å²) in [7, 11) is 0. The van der Waals surface area contributed by atoms with Gasteiger partial charge in [0.25, 0.3) is 5.78 Å². The third-order valence-corrected chi connectivity index (χ3v) is 7.29. The summed E-state index contributed by atoms with van der Waals surface area (Å²) < 4.78 is 1.84. The molecule has 144 valence electrons. The van der Waals surface area contributed by atoms with E-state index < -0.39 is 0 Å². The second-order valence-electron chi connectivity index (χ2n) is 7.79. The van der Waals surface area contributed by atoms with Gasteiger partial charge in [-0.05, 0) is 61.1 Å². The minimum atomic E-state index is 0.573. The molecule has 0 spiro atoms. The zero-order valence-electron chi connectivity index (χ0n) is 16.2. The summed E-state index contributed by atoms with van der Waals surface area (Å²) in [5.74, 6) is 1.75. The number of piperidine rings is 1. The third kappa shape index (κ3) is 2.81. The Hall–Kier alpha value is -1.80. The molecule has 3 aromatic heterocycles. The van der Waals surface area contributed by atoms with E-state index in [4.69, 9.17) is 4.98 Å². The topological polar surface area (TPSA) is 62.5 Å². The predicted molar refractivity (Wildman–Crippen MR) is 109 cm³/mol. The third-order valence-electron chi connectivity index (χ3n) is 6.10. The number of hydrogen-bond acceptors (Lipinski definition) is 7. The number of aromatic nitrogens is 5. The Bertz CT molecular complexity index is 962. The Morgan fingerprint density at radius 3 is 2.96 bits per heavy atom. The molecule has 0 bridgehead atoms. The van der Waals surface area contributed by atoms with Crippen LogP contribution in [0.5, 0.6) is 0 Å². The fraction of sp³-hybridized carbons (Fsp3) is 0.684. The fourth-order valence-electron chi connectivity index (χ4n) is 4.77. The van der Waals surface area contributed by atoms with E-state index in [1.807, 2.05) is 15.9 Å². The molecule has 0 saturated carbocycles. The van der Waals surface area contributed by atoms with Crippen LogP contribution in [0.2, 0.25) is 0 Å². The molecular weight excluding hydrogens is 358 g/mol. The molecule has 5 heterocycles. The number of fused-ring (bicyclic) bond motifs is 5. The van der Waals surface area contributed by atoms with Gasteiger partial charge in [0.05, 0.1) is 5.39 Å². The Labute approximate surface area is 163 Å². The van der Waals surface area contributed by atoms with Gasteiger partial charge in [0, 0.05) is 30.6 Å². The standard InChI is InChI=1S/C19H27N7S/c1-3-9-24-11-8-14-15(12-24)27-18-16(14)17(20-19-21-22-23-26(18)19)25-10-6-5-7-13(25)4-2/h13H,3-12H2,1-2H3. The first-order valence-corrected chi connectivity index (χ1v) is 11.1. The highest BCUT2D eigenvalue weighted by Crippen LogP contribution is 2.41. The summed E-state index contributed by atoms with van der Waals surface area (Å²) in [6.45, 7) is 8.99. The molecule has 1 unspecified atom stereocenters. The maximum Gasteiger partial charge on any atom is 0.276 e. The summed E-state index contributed by atoms with van der Waals surface area (Å²) in [6.07, 6.45) is 7.29. The van der Waals surface area contributed by atoms with E-state index in [1.165, 1.54) is 52.9 Å². The number of tetrazole rings is 1. The van der Waals surface area contributed by atoms with Gasteiger partial charge in [0.2, 0.25) is 0 Å². The Kier molecular flexibility index (Phi) is 4.47. The van der Waals surface area contributed by atoms with Gasteiger partial charge in [0.1, 0.15) is 10.6 Å². The number of nitrogens with zero attached hydrogens (tertiary/aromatic N) is 7. The summed E-state index contributed by atoms with van der Waals surface area (Å²) in [5.41, 5.74) is 1.49. The molecule has 1 fully saturated rings. The molecule has 3 aromatic rings. The Morgan fingerprint density at radius 1 is 1.19 bits per heavy atom. The first-order chi connectivity index (χ1) is 13.3. The fourth-order valence-corrected chi connectivity index (χ4v) is 6.10. The van der Waals surface area contributed by atoms with E-state index in [2.05, 4.69) is 39.2 Å². The summed E-state index contributed by atoms with van der Waals surface area (Å²) in [5, 5.41) is 13.6. The van der Waals surface area contributed by atoms with Crippen LogP contribution < -0.4 is 4.90 Å². The summed E-state index contributed by atoms with van der Waals surface area (Å²) in [4.78, 5) is 12.7. The molecule has 5 rings (SSSR count). The van der Waals surface area contributed by atoms with Crippen molar-refractivity contribution in [2.24, 2.45) is 0 Å². The average Bonchev–Trinajstić information content (AvgIpc) is 3.31. The molecule has 27 heavy (non-hydrogen) atoms. The summed E-state index contributed by atoms with van der Waals surface area (Å²) >= 11 is 1.86. The van der Waals surface area contributed by atoms with Crippen molar-refractivity contribution < 1.29 is 0 Å². The van der Waals surface area contributed by atoms with E-state index in [0.717, 1.165) is 38.3 Å². The van der Waals surface area contributed by atoms with Crippen LogP contribution in [0.3, 0.4) is 0 Å². The quantitative estimate of drug-likeness (QED) is 0.687. The zero-order valence-corrected chi connectivity index (χ0v) is 17.0. The van der Waals surface area contributed by atoms with Gasteiger partial charge in [0.15, 0.2) is 0 Å². The number of thiophene rings is 1. The van der Waals surface area contributed by atoms with Crippen molar-refractivity contribution in [3.05, 3.63) is 10.4 Å². The van der Waals surface area contributed by atoms with Crippen LogP contribution in [-0.2, 0) is 13.0 Å². The molecular formula is C19H27N7S. The molecule has 0 aliphatic carbocycles. The van der Waals surface area contributed by atoms with Gasteiger partial charge in [-0.1, -0.05) is 18.9 Å². The molecule has 0 amide bonds. The highest BCUT2D eigenvalue weighted by atomic mass is 32.1. The van der Waals surface area contributed by atoms with Crippen LogP contribution in [0.15, 0.2) is 0 Å². The molecule has 1 atom stereocenters. The summed E-state index contributed by atoms with van der Waals surface area (Å²) in [6, 6.07) is 0.573. The number of hydrogen-bond donors (Lipinski definition) is 0. The number of anilines is 1. The van der Waals surface area contributed by atoms with E-state index in [-0.39, 0.29) is 0 Å². The minimum absolute atomic E-state index is 0.573. The maximum absolute atomic E-state index is 4.97. The van der Waals surface area contributed by atoms with Gasteiger partial charge in [-0.3, -0.25) is 4.90 Å². The minimum Gasteiger partial charge on any atom is -0.353 e. The highest BCUT2D eigenvalue weighted by molar-refractivity contribution is 7.19. The van der Waals surface area contributed by atoms with E-state index in [1.54, 1.807) is 0 Å². The van der Waals surface area contributed by atoms with Crippen molar-refractivity contribution in [2.45, 2.75) is 65.0 Å². The predicted octanol–water partition coefficient (Wildman–Crippen LogP) is 3.27. The Balaban J connectivity index is 1.70. The van der Waals surface area contributed by atoms with E-state index in [0.29, 0.717) is 11.8 Å². The average molecular weight is 386 g/mol. The van der Waals surface area contributed by atoms with Crippen molar-refractivity contribution in [1.29, 1.82) is 0 Å². The van der Waals surface area contributed by atoms with Crippen molar-refractivity contribution in [1.82, 2.24) is 29.9 Å². The van der Waals surface area contributed by atoms with Crippen LogP contribution in [0.1, 0.15) is 56.4 Å². The van der Waals surface area contributed by atoms with Crippen molar-refractivity contribution in [3.63, 3.8) is 0 Å². The molecule has 0 radical (unpaired) electrons. The Morgan fingerprint density at radius 2 is 2.11 bits per heavy atom. The van der Waals surface area contributed by atoms with Crippen LogP contribution in [0, 0.1) is 0 Å². The lowest BCUT2D eigenvalue weighted by Gasteiger charge is -2.37. The number of rotatable bonds is 4. The van der Waals surface area contributed by atoms with Crippen molar-refractivity contribution >= 4 is 33.1 Å². The molecule has 0 N–H and O–H groups in total. The first-order valence-electron chi connectivity index (χ1n) is 10.3. The molecule has 2 aliphatic heterocycles. The second-order valence-corrected chi connectivity index (χ2v) is 8.87. The normalized spacial score (nSPS) is 21.3. The molecule has 2 aliphatic rings. The van der Waals surface area contributed by atoms with Gasteiger partial charge < -0.3 is 4.90 Å². The van der Waals surface area contributed by atoms with Gasteiger partial charge in [-0.2, -0.15) is 9.50 Å². The highest BCUT2D eigenvalue weighted by Gasteiger charge is 2.30. The molecule has 8 heteroatoms. The SMILES string of the molecule is CCCN1CCc2c(sc3c2c(N2CCCCC2CC)nc2nnnn23)C1. The monoisotopic (exact) mass is 385 g/mol. The second kappa shape index (κ2) is 6.98. The van der Waals surface area contributed by atoms with E-state index >= 15 is 0 Å². The van der Waals surface area contributed by atoms with E-state index in [9.17, 15) is 0 Å².